The Morgan fingerprint density at radius 1 is 0.745 bits per heavy atom. The number of benzene rings is 2. The van der Waals surface area contributed by atoms with Gasteiger partial charge >= 0.3 is 0 Å². The highest BCUT2D eigenvalue weighted by molar-refractivity contribution is 5.98. The molecule has 2 aliphatic rings. The number of carbonyl (C=O) groups excluding carboxylic acids is 5. The first-order valence-electron chi connectivity index (χ1n) is 18.1. The number of aryl methyl sites for hydroxylation is 3. The number of hydrogen-bond acceptors (Lipinski definition) is 8. The molecule has 4 amide bonds. The topological polar surface area (TPSA) is 158 Å². The fourth-order valence-electron chi connectivity index (χ4n) is 6.03. The van der Waals surface area contributed by atoms with Crippen LogP contribution < -0.4 is 21.3 Å². The fourth-order valence-corrected chi connectivity index (χ4v) is 6.03. The largest absolute Gasteiger partial charge is 0.379 e. The van der Waals surface area contributed by atoms with E-state index in [0.29, 0.717) is 58.6 Å². The molecular weight excluding hydrogens is 650 g/mol. The molecule has 5 atom stereocenters. The van der Waals surface area contributed by atoms with E-state index >= 15 is 0 Å². The zero-order valence-electron chi connectivity index (χ0n) is 30.7. The number of ether oxygens (including phenoxy) is 2. The second kappa shape index (κ2) is 18.9. The maximum absolute atomic E-state index is 13.8. The summed E-state index contributed by atoms with van der Waals surface area (Å²) in [5.41, 5.74) is 2.20. The van der Waals surface area contributed by atoms with Crippen molar-refractivity contribution in [3.8, 4) is 0 Å². The van der Waals surface area contributed by atoms with Gasteiger partial charge in [-0.2, -0.15) is 0 Å². The highest BCUT2D eigenvalue weighted by Crippen LogP contribution is 2.29. The first-order chi connectivity index (χ1) is 24.3. The summed E-state index contributed by atoms with van der Waals surface area (Å²) in [4.78, 5) is 69.3. The molecule has 12 heteroatoms. The van der Waals surface area contributed by atoms with Crippen LogP contribution in [-0.2, 0) is 46.3 Å². The second-order valence-electron chi connectivity index (χ2n) is 14.4. The van der Waals surface area contributed by atoms with Crippen LogP contribution in [-0.4, -0.2) is 104 Å². The van der Waals surface area contributed by atoms with Crippen molar-refractivity contribution < 1.29 is 33.4 Å². The van der Waals surface area contributed by atoms with Crippen LogP contribution in [0.1, 0.15) is 63.6 Å². The molecule has 2 saturated heterocycles. The van der Waals surface area contributed by atoms with Gasteiger partial charge in [-0.15, -0.1) is 0 Å². The summed E-state index contributed by atoms with van der Waals surface area (Å²) in [6, 6.07) is 13.9. The van der Waals surface area contributed by atoms with Crippen molar-refractivity contribution in [3.63, 3.8) is 0 Å². The van der Waals surface area contributed by atoms with E-state index < -0.39 is 47.5 Å². The summed E-state index contributed by atoms with van der Waals surface area (Å²) in [5.74, 6) is -1.88. The average Bonchev–Trinajstić information content (AvgIpc) is 3.87. The quantitative estimate of drug-likeness (QED) is 0.162. The van der Waals surface area contributed by atoms with E-state index in [0.717, 1.165) is 16.7 Å². The van der Waals surface area contributed by atoms with Gasteiger partial charge in [0.2, 0.25) is 23.6 Å². The van der Waals surface area contributed by atoms with Gasteiger partial charge in [0.25, 0.3) is 0 Å². The number of nitrogens with one attached hydrogen (secondary N) is 4. The lowest BCUT2D eigenvalue weighted by Gasteiger charge is -2.28. The van der Waals surface area contributed by atoms with Crippen LogP contribution in [0.15, 0.2) is 54.6 Å². The lowest BCUT2D eigenvalue weighted by molar-refractivity contribution is -0.135. The molecule has 12 nitrogen and oxygen atoms in total. The molecular formula is C39H55N5O7. The Morgan fingerprint density at radius 2 is 1.29 bits per heavy atom. The predicted octanol–water partition coefficient (Wildman–Crippen LogP) is 2.26. The predicted molar refractivity (Wildman–Crippen MR) is 194 cm³/mol. The number of morpholine rings is 1. The van der Waals surface area contributed by atoms with E-state index in [-0.39, 0.29) is 30.6 Å². The number of amides is 4. The van der Waals surface area contributed by atoms with Gasteiger partial charge in [0.1, 0.15) is 23.7 Å². The highest BCUT2D eigenvalue weighted by atomic mass is 16.6. The molecule has 51 heavy (non-hydrogen) atoms. The Bertz CT molecular complexity index is 1470. The summed E-state index contributed by atoms with van der Waals surface area (Å²) in [5, 5.41) is 11.4. The van der Waals surface area contributed by atoms with Crippen molar-refractivity contribution >= 4 is 29.4 Å². The van der Waals surface area contributed by atoms with E-state index in [1.807, 2.05) is 80.3 Å². The molecule has 278 valence electrons. The molecule has 2 aromatic rings. The lowest BCUT2D eigenvalue weighted by atomic mass is 9.93. The number of ketones is 1. The van der Waals surface area contributed by atoms with Crippen LogP contribution in [0.4, 0.5) is 0 Å². The molecule has 0 radical (unpaired) electrons. The third kappa shape index (κ3) is 12.9. The minimum Gasteiger partial charge on any atom is -0.379 e. The molecule has 2 aromatic carbocycles. The third-order valence-electron chi connectivity index (χ3n) is 9.35. The van der Waals surface area contributed by atoms with Gasteiger partial charge < -0.3 is 30.7 Å². The first-order valence-corrected chi connectivity index (χ1v) is 18.1. The third-order valence-corrected chi connectivity index (χ3v) is 9.35. The maximum atomic E-state index is 13.8. The number of epoxide rings is 1. The average molecular weight is 706 g/mol. The van der Waals surface area contributed by atoms with Gasteiger partial charge in [0.15, 0.2) is 5.78 Å². The van der Waals surface area contributed by atoms with Crippen LogP contribution in [0.3, 0.4) is 0 Å². The van der Waals surface area contributed by atoms with E-state index in [1.165, 1.54) is 0 Å². The molecule has 0 aromatic heterocycles. The number of Topliss-reactive ketones (excluding diaryl/α,β-unsaturated/α-hetero) is 1. The Morgan fingerprint density at radius 3 is 1.88 bits per heavy atom. The van der Waals surface area contributed by atoms with Crippen molar-refractivity contribution in [2.24, 2.45) is 5.92 Å². The summed E-state index contributed by atoms with van der Waals surface area (Å²) < 4.78 is 10.8. The Hall–Kier alpha value is -4.13. The van der Waals surface area contributed by atoms with Crippen molar-refractivity contribution in [2.75, 3.05) is 39.5 Å². The van der Waals surface area contributed by atoms with Crippen LogP contribution in [0.2, 0.25) is 0 Å². The van der Waals surface area contributed by atoms with Crippen molar-refractivity contribution in [1.82, 2.24) is 26.2 Å². The van der Waals surface area contributed by atoms with Crippen molar-refractivity contribution in [3.05, 3.63) is 71.3 Å². The fraction of sp³-hybridized carbons (Fsp3) is 0.564. The molecule has 0 unspecified atom stereocenters. The number of rotatable bonds is 19. The summed E-state index contributed by atoms with van der Waals surface area (Å²) in [6.45, 7) is 12.0. The molecule has 2 fully saturated rings. The van der Waals surface area contributed by atoms with Gasteiger partial charge in [-0.05, 0) is 69.9 Å². The van der Waals surface area contributed by atoms with Crippen LogP contribution in [0.5, 0.6) is 0 Å². The summed E-state index contributed by atoms with van der Waals surface area (Å²) >= 11 is 0. The van der Waals surface area contributed by atoms with Gasteiger partial charge in [-0.1, -0.05) is 74.0 Å². The number of nitrogens with zero attached hydrogens (tertiary/aromatic N) is 1. The van der Waals surface area contributed by atoms with Crippen LogP contribution in [0, 0.1) is 12.8 Å². The number of hydrogen-bond donors (Lipinski definition) is 4. The molecule has 2 heterocycles. The molecule has 4 N–H and O–H groups in total. The molecule has 2 aliphatic heterocycles. The maximum Gasteiger partial charge on any atom is 0.243 e. The SMILES string of the molecule is Cc1ccc(CC[C@H](NC(=O)[C@H](C)NC(=O)[C@H](CCc2ccccc2)NC(=O)CN2CCOCC2)C(=O)N[C@@H](CC(C)C)C(=O)[C@@]2(C)CO2)cc1. The van der Waals surface area contributed by atoms with Gasteiger partial charge in [0.05, 0.1) is 32.4 Å². The Labute approximate surface area is 301 Å². The van der Waals surface area contributed by atoms with E-state index in [4.69, 9.17) is 9.47 Å². The van der Waals surface area contributed by atoms with E-state index in [1.54, 1.807) is 13.8 Å². The second-order valence-corrected chi connectivity index (χ2v) is 14.4. The minimum atomic E-state index is -1.02. The number of carbonyl (C=O) groups is 5. The molecule has 0 bridgehead atoms. The normalized spacial score (nSPS) is 19.6. The van der Waals surface area contributed by atoms with Gasteiger partial charge in [0, 0.05) is 13.1 Å². The van der Waals surface area contributed by atoms with Gasteiger partial charge in [-0.25, -0.2) is 0 Å². The van der Waals surface area contributed by atoms with Crippen LogP contribution in [0.25, 0.3) is 0 Å². The van der Waals surface area contributed by atoms with Crippen molar-refractivity contribution in [1.29, 1.82) is 0 Å². The monoisotopic (exact) mass is 705 g/mol. The smallest absolute Gasteiger partial charge is 0.243 e. The van der Waals surface area contributed by atoms with Gasteiger partial charge in [-0.3, -0.25) is 28.9 Å². The van der Waals surface area contributed by atoms with E-state index in [2.05, 4.69) is 21.3 Å². The minimum absolute atomic E-state index is 0.127. The molecule has 0 saturated carbocycles. The molecule has 0 spiro atoms. The Balaban J connectivity index is 1.43. The van der Waals surface area contributed by atoms with Crippen molar-refractivity contribution in [2.45, 2.75) is 96.5 Å². The lowest BCUT2D eigenvalue weighted by Crippen LogP contribution is -2.58. The first kappa shape index (κ1) is 39.7. The summed E-state index contributed by atoms with van der Waals surface area (Å²) in [6.07, 6.45) is 2.07. The molecule has 0 aliphatic carbocycles. The molecule has 4 rings (SSSR count). The zero-order chi connectivity index (χ0) is 37.0. The highest BCUT2D eigenvalue weighted by Gasteiger charge is 2.50. The Kier molecular flexibility index (Phi) is 14.7. The standard InChI is InChI=1S/C39H55N5O7/c1-26(2)23-33(35(46)39(5)25-51-39)43-38(49)32(18-16-30-13-11-27(3)12-14-30)42-36(47)28(4)40-37(48)31(17-15-29-9-7-6-8-10-29)41-34(45)24-44-19-21-50-22-20-44/h6-14,26,28,31-33H,15-25H2,1-5H3,(H,40,48)(H,41,45)(H,42,47)(H,43,49)/t28-,31-,32-,33-,39+/m0/s1. The van der Waals surface area contributed by atoms with E-state index in [9.17, 15) is 24.0 Å². The zero-order valence-corrected chi connectivity index (χ0v) is 30.7. The summed E-state index contributed by atoms with van der Waals surface area (Å²) in [7, 11) is 0. The van der Waals surface area contributed by atoms with Crippen LogP contribution >= 0.6 is 0 Å².